The number of nitrogens with two attached hydrogens (primary N) is 1. The van der Waals surface area contributed by atoms with Gasteiger partial charge in [0.25, 0.3) is 0 Å². The smallest absolute Gasteiger partial charge is 0.344 e. The highest BCUT2D eigenvalue weighted by Crippen LogP contribution is 2.39. The van der Waals surface area contributed by atoms with Gasteiger partial charge in [0, 0.05) is 5.56 Å². The molecule has 0 bridgehead atoms. The lowest BCUT2D eigenvalue weighted by atomic mass is 10.2. The molecule has 9 nitrogen and oxygen atoms in total. The van der Waals surface area contributed by atoms with Gasteiger partial charge in [0.15, 0.2) is 17.6 Å². The average Bonchev–Trinajstić information content (AvgIpc) is 2.90. The Morgan fingerprint density at radius 3 is 2.40 bits per heavy atom. The molecular formula is C16H20N4O5. The molecule has 0 amide bonds. The Balaban J connectivity index is 2.38. The molecule has 1 heterocycles. The maximum atomic E-state index is 11.0. The summed E-state index contributed by atoms with van der Waals surface area (Å²) in [5.74, 6) is 0.0195. The Kier molecular flexibility index (Phi) is 5.48. The number of ether oxygens (including phenoxy) is 3. The van der Waals surface area contributed by atoms with Gasteiger partial charge in [-0.05, 0) is 26.0 Å². The summed E-state index contributed by atoms with van der Waals surface area (Å²) in [6, 6.07) is 3.30. The molecule has 134 valence electrons. The number of carboxylic acid groups (broad SMARTS) is 1. The molecule has 1 aromatic heterocycles. The lowest BCUT2D eigenvalue weighted by Gasteiger charge is -2.17. The molecular weight excluding hydrogens is 328 g/mol. The van der Waals surface area contributed by atoms with Gasteiger partial charge in [0.1, 0.15) is 0 Å². The van der Waals surface area contributed by atoms with E-state index in [9.17, 15) is 4.79 Å². The van der Waals surface area contributed by atoms with Gasteiger partial charge < -0.3 is 25.1 Å². The number of nitrogen functional groups attached to an aromatic ring is 1. The van der Waals surface area contributed by atoms with E-state index in [1.807, 2.05) is 6.92 Å². The maximum Gasteiger partial charge on any atom is 0.344 e. The van der Waals surface area contributed by atoms with Gasteiger partial charge in [-0.2, -0.15) is 5.10 Å². The number of imidazole rings is 1. The van der Waals surface area contributed by atoms with E-state index in [1.165, 1.54) is 25.8 Å². The molecule has 2 rings (SSSR count). The van der Waals surface area contributed by atoms with Crippen molar-refractivity contribution in [3.63, 3.8) is 0 Å². The van der Waals surface area contributed by atoms with Gasteiger partial charge >= 0.3 is 5.97 Å². The Morgan fingerprint density at radius 2 is 1.96 bits per heavy atom. The standard InChI is InChI=1S/C16H20N4O5/c1-9-8-20(16(17)19-9)18-7-11-5-12(23-3)14(13(6-11)24-4)25-10(2)15(21)22/h5-8,10H,1-4H3,(H2,17,19)(H,21,22). The van der Waals surface area contributed by atoms with Gasteiger partial charge in [-0.25, -0.2) is 14.5 Å². The van der Waals surface area contributed by atoms with Crippen molar-refractivity contribution in [3.05, 3.63) is 29.6 Å². The minimum absolute atomic E-state index is 0.204. The second-order valence-corrected chi connectivity index (χ2v) is 5.18. The summed E-state index contributed by atoms with van der Waals surface area (Å²) in [5, 5.41) is 13.2. The van der Waals surface area contributed by atoms with Crippen molar-refractivity contribution in [2.75, 3.05) is 20.0 Å². The van der Waals surface area contributed by atoms with Crippen LogP contribution in [-0.2, 0) is 4.79 Å². The lowest BCUT2D eigenvalue weighted by Crippen LogP contribution is -2.23. The van der Waals surface area contributed by atoms with Gasteiger partial charge in [-0.15, -0.1) is 0 Å². The van der Waals surface area contributed by atoms with Crippen molar-refractivity contribution < 1.29 is 24.1 Å². The summed E-state index contributed by atoms with van der Waals surface area (Å²) in [7, 11) is 2.90. The zero-order valence-electron chi connectivity index (χ0n) is 14.4. The highest BCUT2D eigenvalue weighted by Gasteiger charge is 2.20. The second kappa shape index (κ2) is 7.56. The van der Waals surface area contributed by atoms with E-state index in [2.05, 4.69) is 10.1 Å². The van der Waals surface area contributed by atoms with Crippen LogP contribution in [-0.4, -0.2) is 47.3 Å². The molecule has 2 aromatic rings. The van der Waals surface area contributed by atoms with Gasteiger partial charge in [0.05, 0.1) is 32.3 Å². The van der Waals surface area contributed by atoms with E-state index in [4.69, 9.17) is 25.1 Å². The van der Waals surface area contributed by atoms with E-state index >= 15 is 0 Å². The molecule has 0 saturated heterocycles. The monoisotopic (exact) mass is 348 g/mol. The quantitative estimate of drug-likeness (QED) is 0.728. The third-order valence-corrected chi connectivity index (χ3v) is 3.29. The van der Waals surface area contributed by atoms with Crippen LogP contribution in [0.15, 0.2) is 23.4 Å². The number of hydrogen-bond donors (Lipinski definition) is 2. The van der Waals surface area contributed by atoms with Crippen LogP contribution in [0.25, 0.3) is 0 Å². The summed E-state index contributed by atoms with van der Waals surface area (Å²) in [6.07, 6.45) is 2.18. The molecule has 1 atom stereocenters. The number of nitrogens with zero attached hydrogens (tertiary/aromatic N) is 3. The fraction of sp³-hybridized carbons (Fsp3) is 0.312. The first-order valence-electron chi connectivity index (χ1n) is 7.37. The zero-order chi connectivity index (χ0) is 18.6. The highest BCUT2D eigenvalue weighted by atomic mass is 16.6. The number of aromatic nitrogens is 2. The number of anilines is 1. The number of aryl methyl sites for hydroxylation is 1. The molecule has 0 aliphatic rings. The van der Waals surface area contributed by atoms with Crippen molar-refractivity contribution in [2.45, 2.75) is 20.0 Å². The Hall–Kier alpha value is -3.23. The molecule has 1 aromatic carbocycles. The third-order valence-electron chi connectivity index (χ3n) is 3.29. The van der Waals surface area contributed by atoms with E-state index in [0.717, 1.165) is 5.69 Å². The molecule has 3 N–H and O–H groups in total. The maximum absolute atomic E-state index is 11.0. The largest absolute Gasteiger partial charge is 0.493 e. The third kappa shape index (κ3) is 4.19. The first-order valence-corrected chi connectivity index (χ1v) is 7.37. The van der Waals surface area contributed by atoms with Crippen molar-refractivity contribution in [1.29, 1.82) is 0 Å². The van der Waals surface area contributed by atoms with Crippen molar-refractivity contribution in [3.8, 4) is 17.2 Å². The number of aliphatic carboxylic acids is 1. The Bertz CT molecular complexity index is 775. The van der Waals surface area contributed by atoms with Crippen LogP contribution in [0.5, 0.6) is 17.2 Å². The minimum atomic E-state index is -1.10. The summed E-state index contributed by atoms with van der Waals surface area (Å²) in [6.45, 7) is 3.23. The zero-order valence-corrected chi connectivity index (χ0v) is 14.4. The average molecular weight is 348 g/mol. The number of benzene rings is 1. The number of carboxylic acids is 1. The topological polar surface area (TPSA) is 121 Å². The first-order chi connectivity index (χ1) is 11.8. The molecule has 0 radical (unpaired) electrons. The molecule has 0 saturated carbocycles. The fourth-order valence-electron chi connectivity index (χ4n) is 2.04. The van der Waals surface area contributed by atoms with E-state index in [-0.39, 0.29) is 11.7 Å². The van der Waals surface area contributed by atoms with Crippen LogP contribution in [0, 0.1) is 6.92 Å². The number of carbonyl (C=O) groups is 1. The fourth-order valence-corrected chi connectivity index (χ4v) is 2.04. The van der Waals surface area contributed by atoms with Crippen LogP contribution < -0.4 is 19.9 Å². The molecule has 25 heavy (non-hydrogen) atoms. The Labute approximate surface area is 144 Å². The van der Waals surface area contributed by atoms with Crippen LogP contribution in [0.3, 0.4) is 0 Å². The predicted molar refractivity (Wildman–Crippen MR) is 91.6 cm³/mol. The molecule has 9 heteroatoms. The number of hydrogen-bond acceptors (Lipinski definition) is 7. The number of methoxy groups -OCH3 is 2. The van der Waals surface area contributed by atoms with Crippen molar-refractivity contribution in [2.24, 2.45) is 5.10 Å². The van der Waals surface area contributed by atoms with Crippen LogP contribution in [0.2, 0.25) is 0 Å². The highest BCUT2D eigenvalue weighted by molar-refractivity contribution is 5.82. The summed E-state index contributed by atoms with van der Waals surface area (Å²) >= 11 is 0. The van der Waals surface area contributed by atoms with Gasteiger partial charge in [-0.1, -0.05) is 0 Å². The Morgan fingerprint density at radius 1 is 1.36 bits per heavy atom. The van der Waals surface area contributed by atoms with Gasteiger partial charge in [0.2, 0.25) is 11.7 Å². The normalized spacial score (nSPS) is 12.2. The molecule has 0 aliphatic heterocycles. The predicted octanol–water partition coefficient (Wildman–Crippen LogP) is 1.53. The van der Waals surface area contributed by atoms with Crippen LogP contribution in [0.1, 0.15) is 18.2 Å². The molecule has 0 spiro atoms. The SMILES string of the molecule is COc1cc(C=Nn2cc(C)nc2N)cc(OC)c1OC(C)C(=O)O. The molecule has 0 aliphatic carbocycles. The van der Waals surface area contributed by atoms with Crippen LogP contribution in [0.4, 0.5) is 5.95 Å². The summed E-state index contributed by atoms with van der Waals surface area (Å²) in [5.41, 5.74) is 7.13. The van der Waals surface area contributed by atoms with Crippen LogP contribution >= 0.6 is 0 Å². The first kappa shape index (κ1) is 18.1. The van der Waals surface area contributed by atoms with E-state index in [0.29, 0.717) is 17.1 Å². The molecule has 0 fully saturated rings. The van der Waals surface area contributed by atoms with Crippen molar-refractivity contribution >= 4 is 18.1 Å². The number of rotatable bonds is 7. The van der Waals surface area contributed by atoms with E-state index < -0.39 is 12.1 Å². The summed E-state index contributed by atoms with van der Waals surface area (Å²) < 4.78 is 17.4. The molecule has 1 unspecified atom stereocenters. The van der Waals surface area contributed by atoms with Crippen molar-refractivity contribution in [1.82, 2.24) is 9.66 Å². The van der Waals surface area contributed by atoms with E-state index in [1.54, 1.807) is 24.5 Å². The van der Waals surface area contributed by atoms with Gasteiger partial charge in [-0.3, -0.25) is 0 Å². The lowest BCUT2D eigenvalue weighted by molar-refractivity contribution is -0.144. The summed E-state index contributed by atoms with van der Waals surface area (Å²) in [4.78, 5) is 15.1. The minimum Gasteiger partial charge on any atom is -0.493 e. The second-order valence-electron chi connectivity index (χ2n) is 5.18.